The molecule has 1 heterocycles. The van der Waals surface area contributed by atoms with Crippen molar-refractivity contribution in [2.75, 3.05) is 0 Å². The van der Waals surface area contributed by atoms with Gasteiger partial charge in [0.1, 0.15) is 5.60 Å². The van der Waals surface area contributed by atoms with Gasteiger partial charge >= 0.3 is 0 Å². The highest BCUT2D eigenvalue weighted by Gasteiger charge is 2.19. The molecule has 0 saturated carbocycles. The van der Waals surface area contributed by atoms with E-state index >= 15 is 0 Å². The van der Waals surface area contributed by atoms with E-state index < -0.39 is 5.60 Å². The number of aromatic nitrogens is 2. The maximum atomic E-state index is 9.88. The van der Waals surface area contributed by atoms with Gasteiger partial charge in [-0.1, -0.05) is 18.2 Å². The highest BCUT2D eigenvalue weighted by Crippen LogP contribution is 2.19. The molecule has 0 aliphatic carbocycles. The van der Waals surface area contributed by atoms with Gasteiger partial charge in [0, 0.05) is 12.7 Å². The highest BCUT2D eigenvalue weighted by molar-refractivity contribution is 5.40. The van der Waals surface area contributed by atoms with Crippen molar-refractivity contribution >= 4 is 0 Å². The summed E-state index contributed by atoms with van der Waals surface area (Å²) in [7, 11) is 0. The van der Waals surface area contributed by atoms with Crippen LogP contribution in [0.15, 0.2) is 36.5 Å². The second-order valence-electron chi connectivity index (χ2n) is 4.54. The molecule has 4 heteroatoms. The Morgan fingerprint density at radius 1 is 1.29 bits per heavy atom. The molecule has 1 aromatic heterocycles. The lowest BCUT2D eigenvalue weighted by atomic mass is 10.1. The molecule has 17 heavy (non-hydrogen) atoms. The number of benzene rings is 1. The SMILES string of the molecule is CC(C)(O)c1ccn(-c2ccccc2CN)n1. The van der Waals surface area contributed by atoms with E-state index in [1.54, 1.807) is 18.5 Å². The molecule has 2 rings (SSSR count). The lowest BCUT2D eigenvalue weighted by Gasteiger charge is -2.13. The predicted octanol–water partition coefficient (Wildman–Crippen LogP) is 1.56. The maximum absolute atomic E-state index is 9.88. The largest absolute Gasteiger partial charge is 0.384 e. The first-order chi connectivity index (χ1) is 8.02. The molecule has 4 nitrogen and oxygen atoms in total. The Balaban J connectivity index is 2.44. The van der Waals surface area contributed by atoms with E-state index in [0.717, 1.165) is 11.3 Å². The maximum Gasteiger partial charge on any atom is 0.103 e. The van der Waals surface area contributed by atoms with E-state index in [2.05, 4.69) is 5.10 Å². The van der Waals surface area contributed by atoms with Crippen LogP contribution in [-0.2, 0) is 12.1 Å². The van der Waals surface area contributed by atoms with Crippen LogP contribution < -0.4 is 5.73 Å². The molecule has 3 N–H and O–H groups in total. The number of rotatable bonds is 3. The third-order valence-corrected chi connectivity index (χ3v) is 2.67. The fourth-order valence-electron chi connectivity index (χ4n) is 1.69. The summed E-state index contributed by atoms with van der Waals surface area (Å²) in [6, 6.07) is 9.64. The van der Waals surface area contributed by atoms with Gasteiger partial charge in [-0.05, 0) is 31.5 Å². The van der Waals surface area contributed by atoms with Crippen molar-refractivity contribution in [2.45, 2.75) is 26.0 Å². The van der Waals surface area contributed by atoms with E-state index in [-0.39, 0.29) is 0 Å². The summed E-state index contributed by atoms with van der Waals surface area (Å²) in [5.74, 6) is 0. The van der Waals surface area contributed by atoms with Crippen molar-refractivity contribution in [3.63, 3.8) is 0 Å². The zero-order valence-corrected chi connectivity index (χ0v) is 10.1. The number of aliphatic hydroxyl groups is 1. The first kappa shape index (κ1) is 11.8. The van der Waals surface area contributed by atoms with Gasteiger partial charge in [0.15, 0.2) is 0 Å². The normalized spacial score (nSPS) is 11.8. The van der Waals surface area contributed by atoms with Gasteiger partial charge < -0.3 is 10.8 Å². The van der Waals surface area contributed by atoms with Crippen molar-refractivity contribution in [1.82, 2.24) is 9.78 Å². The Hall–Kier alpha value is -1.65. The molecular formula is C13H17N3O. The van der Waals surface area contributed by atoms with Gasteiger partial charge in [-0.25, -0.2) is 4.68 Å². The van der Waals surface area contributed by atoms with Crippen molar-refractivity contribution in [1.29, 1.82) is 0 Å². The van der Waals surface area contributed by atoms with Crippen LogP contribution in [0.5, 0.6) is 0 Å². The average molecular weight is 231 g/mol. The summed E-state index contributed by atoms with van der Waals surface area (Å²) in [4.78, 5) is 0. The Kier molecular flexibility index (Phi) is 3.00. The predicted molar refractivity (Wildman–Crippen MR) is 66.7 cm³/mol. The van der Waals surface area contributed by atoms with Crippen LogP contribution in [0, 0.1) is 0 Å². The van der Waals surface area contributed by atoms with Gasteiger partial charge in [0.2, 0.25) is 0 Å². The van der Waals surface area contributed by atoms with Gasteiger partial charge in [-0.3, -0.25) is 0 Å². The third-order valence-electron chi connectivity index (χ3n) is 2.67. The molecule has 0 unspecified atom stereocenters. The van der Waals surface area contributed by atoms with Crippen LogP contribution in [0.1, 0.15) is 25.1 Å². The molecule has 0 amide bonds. The first-order valence-corrected chi connectivity index (χ1v) is 5.59. The minimum Gasteiger partial charge on any atom is -0.384 e. The molecule has 2 aromatic rings. The molecule has 0 spiro atoms. The third kappa shape index (κ3) is 2.38. The van der Waals surface area contributed by atoms with Crippen molar-refractivity contribution in [2.24, 2.45) is 5.73 Å². The molecule has 0 atom stereocenters. The summed E-state index contributed by atoms with van der Waals surface area (Å²) in [5, 5.41) is 14.2. The van der Waals surface area contributed by atoms with Gasteiger partial charge in [-0.15, -0.1) is 0 Å². The number of hydrogen-bond acceptors (Lipinski definition) is 3. The number of nitrogens with zero attached hydrogens (tertiary/aromatic N) is 2. The summed E-state index contributed by atoms with van der Waals surface area (Å²) in [6.07, 6.45) is 1.84. The summed E-state index contributed by atoms with van der Waals surface area (Å²) in [6.45, 7) is 3.90. The molecule has 0 saturated heterocycles. The van der Waals surface area contributed by atoms with Crippen molar-refractivity contribution in [3.05, 3.63) is 47.8 Å². The van der Waals surface area contributed by atoms with Crippen LogP contribution >= 0.6 is 0 Å². The monoisotopic (exact) mass is 231 g/mol. The van der Waals surface area contributed by atoms with Gasteiger partial charge in [0.05, 0.1) is 11.4 Å². The fraction of sp³-hybridized carbons (Fsp3) is 0.308. The summed E-state index contributed by atoms with van der Waals surface area (Å²) >= 11 is 0. The first-order valence-electron chi connectivity index (χ1n) is 5.59. The lowest BCUT2D eigenvalue weighted by Crippen LogP contribution is -2.17. The van der Waals surface area contributed by atoms with E-state index in [1.165, 1.54) is 0 Å². The topological polar surface area (TPSA) is 64.1 Å². The average Bonchev–Trinajstić information content (AvgIpc) is 2.77. The summed E-state index contributed by atoms with van der Waals surface area (Å²) in [5.41, 5.74) is 7.38. The van der Waals surface area contributed by atoms with Crippen LogP contribution in [0.2, 0.25) is 0 Å². The number of para-hydroxylation sites is 1. The second kappa shape index (κ2) is 4.31. The van der Waals surface area contributed by atoms with E-state index in [4.69, 9.17) is 5.73 Å². The zero-order chi connectivity index (χ0) is 12.5. The van der Waals surface area contributed by atoms with Crippen LogP contribution in [0.3, 0.4) is 0 Å². The standard InChI is InChI=1S/C13H17N3O/c1-13(2,17)12-7-8-16(15-12)11-6-4-3-5-10(11)9-14/h3-8,17H,9,14H2,1-2H3. The molecule has 0 aliphatic rings. The molecule has 90 valence electrons. The fourth-order valence-corrected chi connectivity index (χ4v) is 1.69. The number of nitrogens with two attached hydrogens (primary N) is 1. The zero-order valence-electron chi connectivity index (χ0n) is 10.1. The molecule has 0 bridgehead atoms. The Labute approximate surface area is 101 Å². The van der Waals surface area contributed by atoms with Gasteiger partial charge in [0.25, 0.3) is 0 Å². The molecule has 0 aliphatic heterocycles. The molecule has 0 fully saturated rings. The van der Waals surface area contributed by atoms with Crippen LogP contribution in [0.4, 0.5) is 0 Å². The molecule has 0 radical (unpaired) electrons. The van der Waals surface area contributed by atoms with Gasteiger partial charge in [-0.2, -0.15) is 5.10 Å². The van der Waals surface area contributed by atoms with Crippen LogP contribution in [0.25, 0.3) is 5.69 Å². The number of hydrogen-bond donors (Lipinski definition) is 2. The smallest absolute Gasteiger partial charge is 0.103 e. The Morgan fingerprint density at radius 3 is 2.59 bits per heavy atom. The Bertz CT molecular complexity index is 511. The van der Waals surface area contributed by atoms with Crippen LogP contribution in [-0.4, -0.2) is 14.9 Å². The minimum atomic E-state index is -0.928. The lowest BCUT2D eigenvalue weighted by molar-refractivity contribution is 0.0734. The second-order valence-corrected chi connectivity index (χ2v) is 4.54. The highest BCUT2D eigenvalue weighted by atomic mass is 16.3. The molecule has 1 aromatic carbocycles. The summed E-state index contributed by atoms with van der Waals surface area (Å²) < 4.78 is 1.75. The molecular weight excluding hydrogens is 214 g/mol. The van der Waals surface area contributed by atoms with E-state index in [1.807, 2.05) is 36.5 Å². The minimum absolute atomic E-state index is 0.466. The van der Waals surface area contributed by atoms with E-state index in [9.17, 15) is 5.11 Å². The quantitative estimate of drug-likeness (QED) is 0.842. The van der Waals surface area contributed by atoms with E-state index in [0.29, 0.717) is 12.2 Å². The Morgan fingerprint density at radius 2 is 2.00 bits per heavy atom. The van der Waals surface area contributed by atoms with Crippen molar-refractivity contribution in [3.8, 4) is 5.69 Å². The van der Waals surface area contributed by atoms with Crippen molar-refractivity contribution < 1.29 is 5.11 Å².